The molecular formula is C80H90Cl2F2N12O13S. The minimum atomic E-state index is -1.98. The van der Waals surface area contributed by atoms with E-state index in [0.29, 0.717) is 88.4 Å². The third kappa shape index (κ3) is 14.8. The largest absolute Gasteiger partial charge is 0.497 e. The Morgan fingerprint density at radius 3 is 2.31 bits per heavy atom. The zero-order valence-electron chi connectivity index (χ0n) is 62.5. The number of rotatable bonds is 12. The fourth-order valence-electron chi connectivity index (χ4n) is 17.6. The van der Waals surface area contributed by atoms with Gasteiger partial charge < -0.3 is 55.7 Å². The first kappa shape index (κ1) is 80.3. The summed E-state index contributed by atoms with van der Waals surface area (Å²) in [7, 11) is 5.52. The van der Waals surface area contributed by atoms with Crippen molar-refractivity contribution in [3.8, 4) is 11.5 Å². The third-order valence-corrected chi connectivity index (χ3v) is 25.6. The summed E-state index contributed by atoms with van der Waals surface area (Å²) in [6.07, 6.45) is 13.5. The predicted molar refractivity (Wildman–Crippen MR) is 415 cm³/mol. The maximum atomic E-state index is 16.9. The number of benzene rings is 4. The van der Waals surface area contributed by atoms with Crippen molar-refractivity contribution in [1.29, 1.82) is 0 Å². The number of alkyl halides is 1. The van der Waals surface area contributed by atoms with E-state index in [1.165, 1.54) is 54.5 Å². The second-order valence-corrected chi connectivity index (χ2v) is 32.0. The van der Waals surface area contributed by atoms with Gasteiger partial charge in [0.2, 0.25) is 5.43 Å². The topological polar surface area (TPSA) is 350 Å². The number of carbonyl (C=O) groups is 4. The van der Waals surface area contributed by atoms with Gasteiger partial charge in [-0.15, -0.1) is 5.10 Å². The molecule has 30 heteroatoms. The number of fused-ring (bicyclic) bond motifs is 9. The molecular weight excluding hydrogens is 1480 g/mol. The molecule has 0 radical (unpaired) electrons. The molecule has 6 heterocycles. The number of pyridine rings is 2. The van der Waals surface area contributed by atoms with Crippen LogP contribution in [0.15, 0.2) is 130 Å². The van der Waals surface area contributed by atoms with E-state index in [2.05, 4.69) is 66.2 Å². The molecule has 2 unspecified atom stereocenters. The molecule has 1 amide bonds. The van der Waals surface area contributed by atoms with Gasteiger partial charge in [0.1, 0.15) is 46.5 Å². The number of ether oxygens (including phenoxy) is 2. The van der Waals surface area contributed by atoms with Gasteiger partial charge in [0, 0.05) is 109 Å². The number of piperazine rings is 1. The van der Waals surface area contributed by atoms with E-state index in [9.17, 15) is 57.8 Å². The van der Waals surface area contributed by atoms with Gasteiger partial charge in [0.25, 0.3) is 5.91 Å². The first-order chi connectivity index (χ1) is 52.4. The van der Waals surface area contributed by atoms with Gasteiger partial charge in [-0.1, -0.05) is 90.3 Å². The quantitative estimate of drug-likeness (QED) is 0.0598. The number of nitrogens with two attached hydrogens (primary N) is 1. The van der Waals surface area contributed by atoms with E-state index in [1.807, 2.05) is 60.7 Å². The number of hydrogen-bond donors (Lipinski definition) is 7. The number of amides is 1. The van der Waals surface area contributed by atoms with E-state index in [4.69, 9.17) is 38.4 Å². The number of aryl methyl sites for hydroxylation is 2. The van der Waals surface area contributed by atoms with Crippen LogP contribution in [0.4, 0.5) is 20.2 Å². The Bertz CT molecular complexity index is 5220. The van der Waals surface area contributed by atoms with Crippen molar-refractivity contribution < 1.29 is 62.1 Å². The second kappa shape index (κ2) is 32.2. The number of ketones is 2. The number of aliphatic hydroxyl groups is 3. The average molecular weight is 1570 g/mol. The Hall–Kier alpha value is -9.26. The summed E-state index contributed by atoms with van der Waals surface area (Å²) in [5, 5.41) is 57.1. The van der Waals surface area contributed by atoms with Crippen molar-refractivity contribution in [2.24, 2.45) is 46.4 Å². The third-order valence-electron chi connectivity index (χ3n) is 23.6. The molecule has 11 atom stereocenters. The van der Waals surface area contributed by atoms with Crippen molar-refractivity contribution in [3.05, 3.63) is 202 Å². The van der Waals surface area contributed by atoms with Crippen LogP contribution >= 0.6 is 23.2 Å². The van der Waals surface area contributed by atoms with Gasteiger partial charge in [-0.25, -0.2) is 32.7 Å². The Morgan fingerprint density at radius 2 is 1.65 bits per heavy atom. The van der Waals surface area contributed by atoms with Crippen LogP contribution in [-0.2, 0) is 39.6 Å². The molecule has 5 fully saturated rings. The molecule has 25 nitrogen and oxygen atoms in total. The average Bonchev–Trinajstić information content (AvgIpc) is 1.41. The highest BCUT2D eigenvalue weighted by molar-refractivity contribution is 8.00. The molecule has 0 bridgehead atoms. The summed E-state index contributed by atoms with van der Waals surface area (Å²) in [5.74, 6) is -2.31. The Kier molecular flexibility index (Phi) is 23.5. The monoisotopic (exact) mass is 1570 g/mol. The fraction of sp³-hybridized carbons (Fsp3) is 0.438. The van der Waals surface area contributed by atoms with Gasteiger partial charge in [-0.2, -0.15) is 4.68 Å². The number of methoxy groups -OCH3 is 2. The lowest BCUT2D eigenvalue weighted by Crippen LogP contribution is -2.69. The molecule has 0 spiro atoms. The summed E-state index contributed by atoms with van der Waals surface area (Å²) in [4.78, 5) is 85.0. The summed E-state index contributed by atoms with van der Waals surface area (Å²) < 4.78 is 58.8. The number of imidazole rings is 1. The second-order valence-electron chi connectivity index (χ2n) is 29.8. The number of primary amides is 1. The molecule has 16 rings (SSSR count). The van der Waals surface area contributed by atoms with Crippen LogP contribution in [0.1, 0.15) is 150 Å². The zero-order valence-corrected chi connectivity index (χ0v) is 64.9. The van der Waals surface area contributed by atoms with E-state index in [1.54, 1.807) is 53.3 Å². The number of carboxylic acid groups (broad SMARTS) is 1. The molecule has 8 aromatic rings. The molecule has 110 heavy (non-hydrogen) atoms. The molecule has 8 aliphatic rings. The summed E-state index contributed by atoms with van der Waals surface area (Å²) in [6, 6.07) is 23.9. The standard InChI is InChI=1S/C22H29FO5.C18H20N2O3S.C17H17Cl2N.C17H18FN3O3.C6H6N6O2/c1-12-8-16-15-5-4-13-9-14(25)6-7-19(13,2)21(15,23)17(26)10-20(16,3)22(12,28)18(27)11-24;1-11-9-19-16(12(2)18(11)23-4)10-24(21)17-7-13-5-6-14(22-3)8-15(13)20-17;1-20-17-9-7-12(13-4-2-3-5-14(13)17)11-6-8-15(18)16(19)10-11;18-13-7-11-14(8-15(13)20-5-3-19-4-6-20)21(10-1-2-10)9-12(16(11)22)17(23)24;1-11-6(14)12-2-8-3(4(7)13)5(12)9-10-11/h6-7,9,12,15-17,24,26,28H,4-5,8,10-11H2,1-3H3;5-6,8-9H,7,10H2,1-4H3;2-6,8,10,12,17,20H,7,9H2,1H3;7-10,19H,1-6H2,(H,23,24);2H,1H3,(H2,7,13)/t12-,15+,16+,17?,19+,20+,21+,22+;;12-,17-;;/m1.0../s1. The molecule has 6 aliphatic carbocycles. The smallest absolute Gasteiger partial charge is 0.352 e. The van der Waals surface area contributed by atoms with Crippen LogP contribution in [0.2, 0.25) is 10.0 Å². The van der Waals surface area contributed by atoms with Crippen LogP contribution in [-0.4, -0.2) is 158 Å². The minimum Gasteiger partial charge on any atom is -0.497 e. The van der Waals surface area contributed by atoms with Gasteiger partial charge in [-0.3, -0.25) is 28.4 Å². The van der Waals surface area contributed by atoms with E-state index in [0.717, 1.165) is 87.4 Å². The number of nitrogens with zero attached hydrogens (tertiary/aromatic N) is 9. The van der Waals surface area contributed by atoms with Gasteiger partial charge in [0.05, 0.1) is 69.5 Å². The van der Waals surface area contributed by atoms with Crippen LogP contribution in [0.5, 0.6) is 11.5 Å². The van der Waals surface area contributed by atoms with Crippen molar-refractivity contribution >= 4 is 90.4 Å². The van der Waals surface area contributed by atoms with E-state index in [-0.39, 0.29) is 46.5 Å². The maximum absolute atomic E-state index is 16.9. The van der Waals surface area contributed by atoms with Gasteiger partial charge in [-0.05, 0) is 156 Å². The van der Waals surface area contributed by atoms with Crippen molar-refractivity contribution in [2.45, 2.75) is 134 Å². The first-order valence-corrected chi connectivity index (χ1v) is 38.6. The molecule has 2 aliphatic heterocycles. The van der Waals surface area contributed by atoms with E-state index < -0.39 is 92.0 Å². The molecule has 4 aromatic carbocycles. The van der Waals surface area contributed by atoms with Gasteiger partial charge in [0.15, 0.2) is 28.6 Å². The molecule has 1 saturated heterocycles. The predicted octanol–water partition coefficient (Wildman–Crippen LogP) is 9.83. The Labute approximate surface area is 646 Å². The lowest BCUT2D eigenvalue weighted by Gasteiger charge is -2.62. The van der Waals surface area contributed by atoms with Crippen LogP contribution in [0, 0.1) is 48.2 Å². The SMILES string of the molecule is CN[C@H]1CC[C@@H](c2ccc(Cl)c(Cl)c2)c2ccccc21.COc1ccc2c(c1)N=C(S(=O)Cc1ncc(C)c(OC)c1C)C2.C[C@@H]1C[C@H]2[C@@H]3CCC4=CC(=O)C=C[C@]4(C)[C@@]3(F)C(O)C[C@]2(C)[C@@]1(O)C(=O)CO.Cn1nnc2c(C(N)=O)ncn2c1=O.O=C(O)c1cn(C2CC2)c2cc(N3CCNCC3)c(F)cc2c1=O. The van der Waals surface area contributed by atoms with Crippen LogP contribution in [0.25, 0.3) is 16.6 Å². The number of hydrogen-bond acceptors (Lipinski definition) is 20. The normalized spacial score (nSPS) is 25.7. The van der Waals surface area contributed by atoms with E-state index >= 15 is 4.39 Å². The highest BCUT2D eigenvalue weighted by atomic mass is 35.5. The maximum Gasteiger partial charge on any atom is 0.352 e. The van der Waals surface area contributed by atoms with Crippen molar-refractivity contribution in [3.63, 3.8) is 0 Å². The minimum absolute atomic E-state index is 0.0600. The zero-order chi connectivity index (χ0) is 79.2. The van der Waals surface area contributed by atoms with Gasteiger partial charge >= 0.3 is 11.7 Å². The number of carboxylic acids is 1. The number of aromatic nitrogens is 7. The number of aliphatic imine (C=N–C) groups is 1. The summed E-state index contributed by atoms with van der Waals surface area (Å²) in [5.41, 5.74) is 8.24. The van der Waals surface area contributed by atoms with Crippen LogP contribution < -0.4 is 41.9 Å². The number of Topliss-reactive ketones (excluding diaryl/α,β-unsaturated/α-hetero) is 1. The first-order valence-electron chi connectivity index (χ1n) is 36.5. The lowest BCUT2D eigenvalue weighted by molar-refractivity contribution is -0.219. The highest BCUT2D eigenvalue weighted by Gasteiger charge is 2.75. The van der Waals surface area contributed by atoms with Crippen LogP contribution in [0.3, 0.4) is 0 Å². The summed E-state index contributed by atoms with van der Waals surface area (Å²) >= 11 is 12.2. The lowest BCUT2D eigenvalue weighted by atomic mass is 9.44. The fourth-order valence-corrected chi connectivity index (χ4v) is 19.1. The molecule has 582 valence electrons. The number of aliphatic hydroxyl groups excluding tert-OH is 2. The number of anilines is 1. The number of carbonyl (C=O) groups excluding carboxylic acids is 3. The summed E-state index contributed by atoms with van der Waals surface area (Å²) in [6.45, 7) is 11.3. The van der Waals surface area contributed by atoms with Crippen molar-refractivity contribution in [2.75, 3.05) is 59.0 Å². The Balaban J connectivity index is 0.000000130. The molecule has 8 N–H and O–H groups in total. The molecule has 4 aromatic heterocycles. The number of halogens is 4. The Morgan fingerprint density at radius 1 is 0.918 bits per heavy atom. The molecule has 4 saturated carbocycles. The number of nitrogens with one attached hydrogen (secondary N) is 2. The number of aromatic carboxylic acids is 1. The van der Waals surface area contributed by atoms with Crippen molar-refractivity contribution in [1.82, 2.24) is 44.6 Å². The number of allylic oxidation sites excluding steroid dienone is 4. The highest BCUT2D eigenvalue weighted by Crippen LogP contribution is 2.71.